The Morgan fingerprint density at radius 2 is 1.84 bits per heavy atom. The first-order valence-electron chi connectivity index (χ1n) is 12.7. The predicted octanol–water partition coefficient (Wildman–Crippen LogP) is 1.82. The van der Waals surface area contributed by atoms with Gasteiger partial charge in [-0.25, -0.2) is 9.97 Å². The Hall–Kier alpha value is -3.79. The maximum atomic E-state index is 13.8. The highest BCUT2D eigenvalue weighted by Gasteiger charge is 2.46. The molecule has 0 radical (unpaired) electrons. The van der Waals surface area contributed by atoms with Crippen LogP contribution in [0.25, 0.3) is 11.1 Å². The maximum Gasteiger partial charge on any atom is 0.251 e. The Bertz CT molecular complexity index is 1310. The van der Waals surface area contributed by atoms with Crippen LogP contribution < -0.4 is 15.5 Å². The second-order valence-corrected chi connectivity index (χ2v) is 10.00. The van der Waals surface area contributed by atoms with E-state index in [-0.39, 0.29) is 11.8 Å². The first-order valence-corrected chi connectivity index (χ1v) is 12.7. The number of nitrogens with one attached hydrogen (secondary N) is 2. The number of aryl methyl sites for hydroxylation is 3. The number of nitrogens with zero attached hydrogens (tertiary/aromatic N) is 6. The Balaban J connectivity index is 1.33. The lowest BCUT2D eigenvalue weighted by atomic mass is 9.84. The second-order valence-electron chi connectivity index (χ2n) is 10.00. The van der Waals surface area contributed by atoms with Gasteiger partial charge < -0.3 is 20.4 Å². The van der Waals surface area contributed by atoms with Gasteiger partial charge in [-0.05, 0) is 50.5 Å². The summed E-state index contributed by atoms with van der Waals surface area (Å²) in [6, 6.07) is 9.47. The smallest absolute Gasteiger partial charge is 0.251 e. The minimum Gasteiger partial charge on any atom is -0.355 e. The van der Waals surface area contributed by atoms with Gasteiger partial charge in [-0.15, -0.1) is 0 Å². The van der Waals surface area contributed by atoms with E-state index in [0.29, 0.717) is 31.5 Å². The van der Waals surface area contributed by atoms with Gasteiger partial charge in [0, 0.05) is 69.0 Å². The van der Waals surface area contributed by atoms with Crippen molar-refractivity contribution >= 4 is 17.8 Å². The first kappa shape index (κ1) is 24.9. The minimum absolute atomic E-state index is 0.121. The summed E-state index contributed by atoms with van der Waals surface area (Å²) in [7, 11) is 3.50. The van der Waals surface area contributed by atoms with E-state index in [9.17, 15) is 9.59 Å². The van der Waals surface area contributed by atoms with Crippen LogP contribution in [0.3, 0.4) is 0 Å². The number of hydrogen-bond acceptors (Lipinski definition) is 7. The summed E-state index contributed by atoms with van der Waals surface area (Å²) in [4.78, 5) is 39.3. The quantitative estimate of drug-likeness (QED) is 0.548. The van der Waals surface area contributed by atoms with Crippen LogP contribution in [0.2, 0.25) is 0 Å². The molecule has 0 saturated carbocycles. The molecule has 2 amide bonds. The van der Waals surface area contributed by atoms with Crippen LogP contribution in [0.15, 0.2) is 36.5 Å². The van der Waals surface area contributed by atoms with Gasteiger partial charge in [0.15, 0.2) is 0 Å². The standard InChI is InChI=1S/C27H34N8O2/c1-18-14-19(2)31-26(30-18)34-11-8-27(9-12-34)25(37)35(13-10-29-27)17-23-22(16-33(4)32-23)20-6-5-7-21(15-20)24(36)28-3/h5-7,14-16,29H,8-13,17H2,1-4H3,(H,28,36). The van der Waals surface area contributed by atoms with E-state index < -0.39 is 5.54 Å². The van der Waals surface area contributed by atoms with Gasteiger partial charge in [-0.3, -0.25) is 14.3 Å². The molecular formula is C27H34N8O2. The van der Waals surface area contributed by atoms with Crippen molar-refractivity contribution in [2.75, 3.05) is 38.1 Å². The highest BCUT2D eigenvalue weighted by atomic mass is 16.2. The van der Waals surface area contributed by atoms with Crippen LogP contribution in [0.4, 0.5) is 5.95 Å². The normalized spacial score (nSPS) is 17.4. The number of piperazine rings is 1. The summed E-state index contributed by atoms with van der Waals surface area (Å²) >= 11 is 0. The summed E-state index contributed by atoms with van der Waals surface area (Å²) in [6.07, 6.45) is 3.34. The van der Waals surface area contributed by atoms with Gasteiger partial charge in [-0.2, -0.15) is 5.10 Å². The maximum absolute atomic E-state index is 13.8. The van der Waals surface area contributed by atoms with Crippen LogP contribution in [-0.2, 0) is 18.4 Å². The first-order chi connectivity index (χ1) is 17.8. The van der Waals surface area contributed by atoms with Crippen LogP contribution in [0.1, 0.15) is 40.3 Å². The fraction of sp³-hybridized carbons (Fsp3) is 0.444. The lowest BCUT2D eigenvalue weighted by molar-refractivity contribution is -0.143. The van der Waals surface area contributed by atoms with E-state index in [0.717, 1.165) is 53.8 Å². The summed E-state index contributed by atoms with van der Waals surface area (Å²) in [5.74, 6) is 0.726. The van der Waals surface area contributed by atoms with E-state index in [4.69, 9.17) is 0 Å². The molecule has 0 atom stereocenters. The van der Waals surface area contributed by atoms with E-state index in [1.807, 2.05) is 56.3 Å². The van der Waals surface area contributed by atoms with Gasteiger partial charge in [0.2, 0.25) is 11.9 Å². The lowest BCUT2D eigenvalue weighted by Gasteiger charge is -2.47. The highest BCUT2D eigenvalue weighted by Crippen LogP contribution is 2.31. The van der Waals surface area contributed by atoms with Crippen LogP contribution in [-0.4, -0.2) is 75.2 Å². The third kappa shape index (κ3) is 4.93. The largest absolute Gasteiger partial charge is 0.355 e. The Labute approximate surface area is 217 Å². The molecule has 4 heterocycles. The second kappa shape index (κ2) is 9.93. The zero-order valence-electron chi connectivity index (χ0n) is 21.9. The molecule has 1 aromatic carbocycles. The molecule has 2 saturated heterocycles. The van der Waals surface area contributed by atoms with Gasteiger partial charge in [0.25, 0.3) is 5.91 Å². The topological polar surface area (TPSA) is 108 Å². The molecule has 0 unspecified atom stereocenters. The number of hydrogen-bond donors (Lipinski definition) is 2. The molecule has 2 N–H and O–H groups in total. The minimum atomic E-state index is -0.582. The van der Waals surface area contributed by atoms with Crippen molar-refractivity contribution in [1.29, 1.82) is 0 Å². The van der Waals surface area contributed by atoms with E-state index in [1.54, 1.807) is 17.8 Å². The molecule has 10 heteroatoms. The summed E-state index contributed by atoms with van der Waals surface area (Å²) in [5, 5.41) is 10.9. The number of aromatic nitrogens is 4. The van der Waals surface area contributed by atoms with E-state index >= 15 is 0 Å². The monoisotopic (exact) mass is 502 g/mol. The van der Waals surface area contributed by atoms with Crippen molar-refractivity contribution in [1.82, 2.24) is 35.3 Å². The third-order valence-electron chi connectivity index (χ3n) is 7.32. The number of piperidine rings is 1. The van der Waals surface area contributed by atoms with Crippen molar-refractivity contribution in [3.05, 3.63) is 59.2 Å². The molecule has 2 aromatic heterocycles. The molecule has 5 rings (SSSR count). The van der Waals surface area contributed by atoms with Gasteiger partial charge in [-0.1, -0.05) is 12.1 Å². The highest BCUT2D eigenvalue weighted by molar-refractivity contribution is 5.95. The van der Waals surface area contributed by atoms with E-state index in [2.05, 4.69) is 30.6 Å². The van der Waals surface area contributed by atoms with Crippen LogP contribution in [0.5, 0.6) is 0 Å². The van der Waals surface area contributed by atoms with Crippen molar-refractivity contribution in [3.8, 4) is 11.1 Å². The van der Waals surface area contributed by atoms with Crippen LogP contribution >= 0.6 is 0 Å². The average Bonchev–Trinajstić information content (AvgIpc) is 3.26. The Morgan fingerprint density at radius 3 is 2.54 bits per heavy atom. The Kier molecular flexibility index (Phi) is 6.68. The summed E-state index contributed by atoms with van der Waals surface area (Å²) in [5.41, 5.74) is 4.57. The van der Waals surface area contributed by atoms with Crippen molar-refractivity contribution in [2.45, 2.75) is 38.8 Å². The van der Waals surface area contributed by atoms with Gasteiger partial charge in [0.1, 0.15) is 5.54 Å². The van der Waals surface area contributed by atoms with Gasteiger partial charge in [0.05, 0.1) is 12.2 Å². The zero-order valence-corrected chi connectivity index (χ0v) is 21.9. The fourth-order valence-electron chi connectivity index (χ4n) is 5.43. The average molecular weight is 503 g/mol. The number of rotatable bonds is 5. The van der Waals surface area contributed by atoms with Crippen molar-refractivity contribution in [3.63, 3.8) is 0 Å². The van der Waals surface area contributed by atoms with Crippen LogP contribution in [0, 0.1) is 13.8 Å². The molecule has 2 aliphatic rings. The summed E-state index contributed by atoms with van der Waals surface area (Å²) in [6.45, 7) is 7.18. The molecular weight excluding hydrogens is 468 g/mol. The molecule has 2 fully saturated rings. The molecule has 3 aromatic rings. The molecule has 37 heavy (non-hydrogen) atoms. The van der Waals surface area contributed by atoms with Crippen molar-refractivity contribution < 1.29 is 9.59 Å². The number of carbonyl (C=O) groups is 2. The lowest BCUT2D eigenvalue weighted by Crippen LogP contribution is -2.67. The van der Waals surface area contributed by atoms with E-state index in [1.165, 1.54) is 0 Å². The third-order valence-corrected chi connectivity index (χ3v) is 7.32. The Morgan fingerprint density at radius 1 is 1.11 bits per heavy atom. The number of anilines is 1. The fourth-order valence-corrected chi connectivity index (χ4v) is 5.43. The van der Waals surface area contributed by atoms with Crippen molar-refractivity contribution in [2.24, 2.45) is 7.05 Å². The molecule has 194 valence electrons. The molecule has 1 spiro atoms. The molecule has 0 aliphatic carbocycles. The predicted molar refractivity (Wildman–Crippen MR) is 141 cm³/mol. The zero-order chi connectivity index (χ0) is 26.2. The SMILES string of the molecule is CNC(=O)c1cccc(-c2cn(C)nc2CN2CCNC3(CCN(c4nc(C)cc(C)n4)CC3)C2=O)c1. The van der Waals surface area contributed by atoms with Gasteiger partial charge >= 0.3 is 0 Å². The summed E-state index contributed by atoms with van der Waals surface area (Å²) < 4.78 is 1.77. The molecule has 10 nitrogen and oxygen atoms in total. The molecule has 2 aliphatic heterocycles. The number of benzene rings is 1. The number of carbonyl (C=O) groups excluding carboxylic acids is 2. The molecule has 0 bridgehead atoms. The number of amides is 2.